The van der Waals surface area contributed by atoms with Gasteiger partial charge >= 0.3 is 0 Å². The second-order valence-corrected chi connectivity index (χ2v) is 11.2. The Morgan fingerprint density at radius 1 is 1.05 bits per heavy atom. The Hall–Kier alpha value is -3.79. The van der Waals surface area contributed by atoms with Crippen LogP contribution >= 0.6 is 11.3 Å². The number of morpholine rings is 1. The number of fused-ring (bicyclic) bond motifs is 4. The Morgan fingerprint density at radius 3 is 2.66 bits per heavy atom. The van der Waals surface area contributed by atoms with Crippen LogP contribution in [0.2, 0.25) is 0 Å². The van der Waals surface area contributed by atoms with Crippen molar-refractivity contribution >= 4 is 54.6 Å². The highest BCUT2D eigenvalue weighted by Crippen LogP contribution is 2.46. The van der Waals surface area contributed by atoms with E-state index in [-0.39, 0.29) is 11.5 Å². The van der Waals surface area contributed by atoms with Crippen LogP contribution in [0.4, 0.5) is 11.5 Å². The average molecular weight is 526 g/mol. The first-order valence-electron chi connectivity index (χ1n) is 12.9. The number of rotatable bonds is 5. The topological polar surface area (TPSA) is 102 Å². The van der Waals surface area contributed by atoms with Crippen molar-refractivity contribution in [3.63, 3.8) is 0 Å². The van der Waals surface area contributed by atoms with Crippen LogP contribution < -0.4 is 21.5 Å². The number of pyridine rings is 1. The van der Waals surface area contributed by atoms with E-state index in [1.54, 1.807) is 28.0 Å². The fourth-order valence-corrected chi connectivity index (χ4v) is 6.52. The van der Waals surface area contributed by atoms with E-state index < -0.39 is 5.41 Å². The van der Waals surface area contributed by atoms with Crippen molar-refractivity contribution in [1.82, 2.24) is 9.38 Å². The van der Waals surface area contributed by atoms with E-state index in [2.05, 4.69) is 28.4 Å². The van der Waals surface area contributed by atoms with Gasteiger partial charge in [-0.3, -0.25) is 14.0 Å². The van der Waals surface area contributed by atoms with E-state index >= 15 is 0 Å². The number of nitrogens with zero attached hydrogens (tertiary/aromatic N) is 3. The summed E-state index contributed by atoms with van der Waals surface area (Å²) >= 11 is 1.70. The Kier molecular flexibility index (Phi) is 5.47. The summed E-state index contributed by atoms with van der Waals surface area (Å²) in [5.41, 5.74) is 8.69. The molecular formula is C29H27N5O3S. The van der Waals surface area contributed by atoms with E-state index in [0.29, 0.717) is 44.3 Å². The summed E-state index contributed by atoms with van der Waals surface area (Å²) in [6.07, 6.45) is 3.46. The molecule has 2 fully saturated rings. The summed E-state index contributed by atoms with van der Waals surface area (Å²) in [7, 11) is 0. The fraction of sp³-hybridized carbons (Fsp3) is 0.276. The third kappa shape index (κ3) is 3.77. The quantitative estimate of drug-likeness (QED) is 0.356. The molecule has 1 saturated carbocycles. The van der Waals surface area contributed by atoms with E-state index in [1.165, 1.54) is 0 Å². The molecule has 0 bridgehead atoms. The zero-order chi connectivity index (χ0) is 25.9. The minimum absolute atomic E-state index is 0.00270. The lowest BCUT2D eigenvalue weighted by Gasteiger charge is -2.27. The molecule has 5 aromatic rings. The van der Waals surface area contributed by atoms with Crippen molar-refractivity contribution in [2.75, 3.05) is 43.1 Å². The summed E-state index contributed by atoms with van der Waals surface area (Å²) in [6.45, 7) is 3.05. The van der Waals surface area contributed by atoms with Gasteiger partial charge in [0.1, 0.15) is 11.5 Å². The number of hydrogen-bond acceptors (Lipinski definition) is 7. The predicted molar refractivity (Wildman–Crippen MR) is 152 cm³/mol. The number of anilines is 2. The van der Waals surface area contributed by atoms with Crippen LogP contribution in [0.1, 0.15) is 12.8 Å². The number of nitrogens with one attached hydrogen (secondary N) is 1. The molecule has 9 heteroatoms. The van der Waals surface area contributed by atoms with Gasteiger partial charge in [-0.2, -0.15) is 0 Å². The maximum Gasteiger partial charge on any atom is 0.259 e. The Labute approximate surface area is 222 Å². The summed E-state index contributed by atoms with van der Waals surface area (Å²) in [6, 6.07) is 17.8. The summed E-state index contributed by atoms with van der Waals surface area (Å²) < 4.78 is 9.34. The Balaban J connectivity index is 1.35. The van der Waals surface area contributed by atoms with Crippen LogP contribution in [0.3, 0.4) is 0 Å². The maximum absolute atomic E-state index is 13.1. The Bertz CT molecular complexity index is 1780. The molecule has 8 nitrogen and oxygen atoms in total. The molecule has 0 spiro atoms. The van der Waals surface area contributed by atoms with Crippen molar-refractivity contribution in [1.29, 1.82) is 0 Å². The highest BCUT2D eigenvalue weighted by Gasteiger charge is 2.48. The summed E-state index contributed by atoms with van der Waals surface area (Å²) in [4.78, 5) is 32.9. The lowest BCUT2D eigenvalue weighted by molar-refractivity contribution is -0.120. The largest absolute Gasteiger partial charge is 0.378 e. The molecule has 1 saturated heterocycles. The first-order valence-corrected chi connectivity index (χ1v) is 13.7. The van der Waals surface area contributed by atoms with Crippen molar-refractivity contribution in [3.8, 4) is 11.1 Å². The number of carbonyl (C=O) groups excluding carboxylic acids is 1. The molecule has 0 atom stereocenters. The van der Waals surface area contributed by atoms with E-state index in [0.717, 1.165) is 49.8 Å². The highest BCUT2D eigenvalue weighted by molar-refractivity contribution is 7.26. The first-order chi connectivity index (χ1) is 18.6. The number of ether oxygens (including phenoxy) is 1. The second kappa shape index (κ2) is 8.90. The van der Waals surface area contributed by atoms with Gasteiger partial charge in [-0.1, -0.05) is 18.2 Å². The van der Waals surface area contributed by atoms with Crippen LogP contribution in [-0.4, -0.2) is 48.1 Å². The van der Waals surface area contributed by atoms with Crippen molar-refractivity contribution < 1.29 is 9.53 Å². The van der Waals surface area contributed by atoms with Gasteiger partial charge in [-0.15, -0.1) is 11.3 Å². The number of hydrogen-bond donors (Lipinski definition) is 2. The van der Waals surface area contributed by atoms with Crippen molar-refractivity contribution in [2.45, 2.75) is 12.8 Å². The SMILES string of the molecule is NCC1(C(=O)Nc2ccc3sc4c(-c5cccn6c(=O)cc(N7CCOCC7)nc56)cccc4c3c2)CC1. The molecule has 4 heterocycles. The molecule has 1 aliphatic carbocycles. The highest BCUT2D eigenvalue weighted by atomic mass is 32.1. The van der Waals surface area contributed by atoms with Gasteiger partial charge in [0.25, 0.3) is 5.56 Å². The van der Waals surface area contributed by atoms with E-state index in [4.69, 9.17) is 15.5 Å². The molecule has 2 aliphatic rings. The lowest BCUT2D eigenvalue weighted by atomic mass is 10.0. The molecule has 38 heavy (non-hydrogen) atoms. The third-order valence-electron chi connectivity index (χ3n) is 7.78. The van der Waals surface area contributed by atoms with Gasteiger partial charge < -0.3 is 20.7 Å². The van der Waals surface area contributed by atoms with Crippen LogP contribution in [0.15, 0.2) is 65.6 Å². The van der Waals surface area contributed by atoms with Gasteiger partial charge in [-0.05, 0) is 43.2 Å². The van der Waals surface area contributed by atoms with Crippen LogP contribution in [0, 0.1) is 5.41 Å². The molecule has 0 radical (unpaired) electrons. The van der Waals surface area contributed by atoms with Crippen LogP contribution in [0.5, 0.6) is 0 Å². The molecule has 3 aromatic heterocycles. The number of benzene rings is 2. The van der Waals surface area contributed by atoms with Gasteiger partial charge in [0, 0.05) is 68.9 Å². The third-order valence-corrected chi connectivity index (χ3v) is 9.00. The zero-order valence-electron chi connectivity index (χ0n) is 20.8. The predicted octanol–water partition coefficient (Wildman–Crippen LogP) is 4.24. The monoisotopic (exact) mass is 525 g/mol. The number of nitrogens with two attached hydrogens (primary N) is 1. The normalized spacial score (nSPS) is 16.8. The number of thiophene rings is 1. The molecule has 192 valence electrons. The van der Waals surface area contributed by atoms with Crippen LogP contribution in [0.25, 0.3) is 36.9 Å². The minimum Gasteiger partial charge on any atom is -0.378 e. The fourth-order valence-electron chi connectivity index (χ4n) is 5.30. The second-order valence-electron chi connectivity index (χ2n) is 10.1. The standard InChI is InChI=1S/C29H27N5O3S/c30-17-29(8-9-29)28(36)31-18-6-7-23-22(15-18)20-4-1-3-19(26(20)38-23)21-5-2-10-34-25(35)16-24(32-27(21)34)33-11-13-37-14-12-33/h1-7,10,15-16H,8-9,11-14,17,30H2,(H,31,36). The molecule has 2 aromatic carbocycles. The zero-order valence-corrected chi connectivity index (χ0v) is 21.6. The average Bonchev–Trinajstić information content (AvgIpc) is 3.68. The Morgan fingerprint density at radius 2 is 1.87 bits per heavy atom. The molecule has 3 N–H and O–H groups in total. The number of carbonyl (C=O) groups is 1. The van der Waals surface area contributed by atoms with Gasteiger partial charge in [0.2, 0.25) is 5.91 Å². The van der Waals surface area contributed by atoms with Crippen molar-refractivity contribution in [3.05, 3.63) is 71.1 Å². The smallest absolute Gasteiger partial charge is 0.259 e. The number of aromatic nitrogens is 2. The minimum atomic E-state index is -0.404. The lowest BCUT2D eigenvalue weighted by Crippen LogP contribution is -2.37. The molecular weight excluding hydrogens is 498 g/mol. The molecule has 0 unspecified atom stereocenters. The summed E-state index contributed by atoms with van der Waals surface area (Å²) in [5.74, 6) is 0.684. The van der Waals surface area contributed by atoms with Gasteiger partial charge in [0.05, 0.1) is 18.6 Å². The van der Waals surface area contributed by atoms with Gasteiger partial charge in [0.15, 0.2) is 0 Å². The van der Waals surface area contributed by atoms with Crippen molar-refractivity contribution in [2.24, 2.45) is 11.1 Å². The first kappa shape index (κ1) is 23.3. The van der Waals surface area contributed by atoms with E-state index in [9.17, 15) is 9.59 Å². The van der Waals surface area contributed by atoms with Crippen LogP contribution in [-0.2, 0) is 9.53 Å². The molecule has 1 amide bonds. The number of amides is 1. The molecule has 7 rings (SSSR count). The summed E-state index contributed by atoms with van der Waals surface area (Å²) in [5, 5.41) is 5.27. The van der Waals surface area contributed by atoms with Gasteiger partial charge in [-0.25, -0.2) is 4.98 Å². The van der Waals surface area contributed by atoms with E-state index in [1.807, 2.05) is 30.3 Å². The maximum atomic E-state index is 13.1. The molecule has 1 aliphatic heterocycles.